The van der Waals surface area contributed by atoms with E-state index in [-0.39, 0.29) is 17.8 Å². The number of fused-ring (bicyclic) bond motifs is 1. The monoisotopic (exact) mass is 550 g/mol. The van der Waals surface area contributed by atoms with Crippen LogP contribution >= 0.6 is 0 Å². The fourth-order valence-electron chi connectivity index (χ4n) is 4.88. The van der Waals surface area contributed by atoms with Crippen LogP contribution in [0.1, 0.15) is 37.7 Å². The standard InChI is InChI=1S/C33H31FN4O3/c1-3-30(37(22-23-12-6-5-7-13-23)33(40)36-29-17-11-9-15-27(29)34)31-35-28-16-10-8-14-26(28)32(39)38(31)24-18-20-25(21-19-24)41-4-2/h5-21,30H,3-4,22H2,1-2H3,(H,36,40). The second-order valence-corrected chi connectivity index (χ2v) is 9.50. The van der Waals surface area contributed by atoms with Gasteiger partial charge in [0.1, 0.15) is 17.4 Å². The van der Waals surface area contributed by atoms with Crippen molar-refractivity contribution in [3.05, 3.63) is 131 Å². The van der Waals surface area contributed by atoms with Crippen molar-refractivity contribution in [3.63, 3.8) is 0 Å². The molecule has 0 aliphatic heterocycles. The van der Waals surface area contributed by atoms with Crippen molar-refractivity contribution in [1.29, 1.82) is 0 Å². The molecular formula is C33H31FN4O3. The van der Waals surface area contributed by atoms with Crippen LogP contribution in [0.5, 0.6) is 5.75 Å². The van der Waals surface area contributed by atoms with Crippen LogP contribution in [-0.2, 0) is 6.54 Å². The summed E-state index contributed by atoms with van der Waals surface area (Å²) >= 11 is 0. The van der Waals surface area contributed by atoms with Gasteiger partial charge < -0.3 is 15.0 Å². The first-order chi connectivity index (χ1) is 20.0. The topological polar surface area (TPSA) is 76.5 Å². The summed E-state index contributed by atoms with van der Waals surface area (Å²) in [6.45, 7) is 4.57. The number of halogens is 1. The van der Waals surface area contributed by atoms with Crippen LogP contribution in [-0.4, -0.2) is 27.1 Å². The molecule has 0 saturated carbocycles. The lowest BCUT2D eigenvalue weighted by Gasteiger charge is -2.32. The van der Waals surface area contributed by atoms with E-state index < -0.39 is 17.9 Å². The summed E-state index contributed by atoms with van der Waals surface area (Å²) in [5, 5.41) is 3.19. The van der Waals surface area contributed by atoms with Crippen molar-refractivity contribution < 1.29 is 13.9 Å². The molecule has 41 heavy (non-hydrogen) atoms. The molecule has 0 aliphatic rings. The first-order valence-electron chi connectivity index (χ1n) is 13.6. The molecule has 1 unspecified atom stereocenters. The predicted molar refractivity (Wildman–Crippen MR) is 159 cm³/mol. The fourth-order valence-corrected chi connectivity index (χ4v) is 4.88. The number of hydrogen-bond acceptors (Lipinski definition) is 4. The summed E-state index contributed by atoms with van der Waals surface area (Å²) in [6, 6.07) is 28.8. The summed E-state index contributed by atoms with van der Waals surface area (Å²) in [7, 11) is 0. The second-order valence-electron chi connectivity index (χ2n) is 9.50. The van der Waals surface area contributed by atoms with Gasteiger partial charge in [-0.3, -0.25) is 9.36 Å². The zero-order valence-corrected chi connectivity index (χ0v) is 23.0. The van der Waals surface area contributed by atoms with E-state index in [0.717, 1.165) is 5.56 Å². The average molecular weight is 551 g/mol. The molecule has 0 spiro atoms. The minimum absolute atomic E-state index is 0.0702. The van der Waals surface area contributed by atoms with Crippen LogP contribution in [0.2, 0.25) is 0 Å². The normalized spacial score (nSPS) is 11.7. The number of carbonyl (C=O) groups excluding carboxylic acids is 1. The van der Waals surface area contributed by atoms with Crippen molar-refractivity contribution in [1.82, 2.24) is 14.5 Å². The summed E-state index contributed by atoms with van der Waals surface area (Å²) < 4.78 is 21.7. The number of nitrogens with one attached hydrogen (secondary N) is 1. The molecule has 8 heteroatoms. The Morgan fingerprint density at radius 2 is 1.61 bits per heavy atom. The minimum Gasteiger partial charge on any atom is -0.494 e. The number of ether oxygens (including phenoxy) is 1. The second kappa shape index (κ2) is 12.5. The average Bonchev–Trinajstić information content (AvgIpc) is 2.99. The smallest absolute Gasteiger partial charge is 0.322 e. The molecule has 5 aromatic rings. The summed E-state index contributed by atoms with van der Waals surface area (Å²) in [4.78, 5) is 34.4. The van der Waals surface area contributed by atoms with Crippen molar-refractivity contribution in [3.8, 4) is 11.4 Å². The van der Waals surface area contributed by atoms with E-state index >= 15 is 0 Å². The van der Waals surface area contributed by atoms with Gasteiger partial charge in [-0.25, -0.2) is 14.2 Å². The van der Waals surface area contributed by atoms with Crippen LogP contribution in [0.3, 0.4) is 0 Å². The number of benzene rings is 4. The van der Waals surface area contributed by atoms with E-state index in [9.17, 15) is 14.0 Å². The van der Waals surface area contributed by atoms with Gasteiger partial charge in [0.15, 0.2) is 0 Å². The third-order valence-corrected chi connectivity index (χ3v) is 6.84. The molecule has 2 amide bonds. The maximum Gasteiger partial charge on any atom is 0.322 e. The van der Waals surface area contributed by atoms with Gasteiger partial charge in [0.2, 0.25) is 0 Å². The van der Waals surface area contributed by atoms with E-state index in [1.807, 2.05) is 50.2 Å². The molecule has 0 aliphatic carbocycles. The van der Waals surface area contributed by atoms with Crippen LogP contribution in [0.4, 0.5) is 14.9 Å². The molecule has 1 N–H and O–H groups in total. The number of nitrogens with zero attached hydrogens (tertiary/aromatic N) is 3. The van der Waals surface area contributed by atoms with E-state index in [1.54, 1.807) is 64.1 Å². The predicted octanol–water partition coefficient (Wildman–Crippen LogP) is 7.11. The molecule has 0 radical (unpaired) electrons. The molecule has 208 valence electrons. The molecule has 0 saturated heterocycles. The van der Waals surface area contributed by atoms with E-state index in [1.165, 1.54) is 12.1 Å². The van der Waals surface area contributed by atoms with Gasteiger partial charge in [-0.2, -0.15) is 0 Å². The number of amides is 2. The molecule has 1 atom stereocenters. The summed E-state index contributed by atoms with van der Waals surface area (Å²) in [6.07, 6.45) is 0.444. The molecule has 0 bridgehead atoms. The highest BCUT2D eigenvalue weighted by molar-refractivity contribution is 5.89. The van der Waals surface area contributed by atoms with Crippen molar-refractivity contribution >= 4 is 22.6 Å². The Morgan fingerprint density at radius 3 is 2.32 bits per heavy atom. The fraction of sp³-hybridized carbons (Fsp3) is 0.182. The summed E-state index contributed by atoms with van der Waals surface area (Å²) in [5.74, 6) is 0.547. The van der Waals surface area contributed by atoms with Gasteiger partial charge in [0.25, 0.3) is 5.56 Å². The highest BCUT2D eigenvalue weighted by atomic mass is 19.1. The van der Waals surface area contributed by atoms with Gasteiger partial charge in [-0.1, -0.05) is 61.5 Å². The number of hydrogen-bond donors (Lipinski definition) is 1. The number of anilines is 1. The SMILES string of the molecule is CCOc1ccc(-n2c(C(CC)N(Cc3ccccc3)C(=O)Nc3ccccc3F)nc3ccccc3c2=O)cc1. The molecule has 0 fully saturated rings. The van der Waals surface area contributed by atoms with Crippen LogP contribution in [0.25, 0.3) is 16.6 Å². The third kappa shape index (κ3) is 5.96. The number of rotatable bonds is 9. The molecule has 1 aromatic heterocycles. The van der Waals surface area contributed by atoms with Gasteiger partial charge >= 0.3 is 6.03 Å². The Bertz CT molecular complexity index is 1700. The molecule has 4 aromatic carbocycles. The quantitative estimate of drug-likeness (QED) is 0.212. The Labute approximate surface area is 237 Å². The van der Waals surface area contributed by atoms with E-state index in [0.29, 0.717) is 41.2 Å². The first-order valence-corrected chi connectivity index (χ1v) is 13.6. The van der Waals surface area contributed by atoms with Gasteiger partial charge in [0.05, 0.1) is 34.9 Å². The zero-order chi connectivity index (χ0) is 28.8. The largest absolute Gasteiger partial charge is 0.494 e. The van der Waals surface area contributed by atoms with Gasteiger partial charge in [0, 0.05) is 6.54 Å². The maximum atomic E-state index is 14.5. The number of carbonyl (C=O) groups is 1. The number of aromatic nitrogens is 2. The van der Waals surface area contributed by atoms with Crippen molar-refractivity contribution in [2.75, 3.05) is 11.9 Å². The van der Waals surface area contributed by atoms with Crippen LogP contribution < -0.4 is 15.6 Å². The lowest BCUT2D eigenvalue weighted by molar-refractivity contribution is 0.177. The highest BCUT2D eigenvalue weighted by Gasteiger charge is 2.30. The van der Waals surface area contributed by atoms with E-state index in [4.69, 9.17) is 9.72 Å². The minimum atomic E-state index is -0.633. The molecule has 5 rings (SSSR count). The van der Waals surface area contributed by atoms with Crippen molar-refractivity contribution in [2.24, 2.45) is 0 Å². The Balaban J connectivity index is 1.67. The van der Waals surface area contributed by atoms with Gasteiger partial charge in [-0.15, -0.1) is 0 Å². The Morgan fingerprint density at radius 1 is 0.927 bits per heavy atom. The third-order valence-electron chi connectivity index (χ3n) is 6.84. The molecular weight excluding hydrogens is 519 g/mol. The Kier molecular flexibility index (Phi) is 8.39. The number of urea groups is 1. The van der Waals surface area contributed by atoms with Crippen LogP contribution in [0, 0.1) is 5.82 Å². The van der Waals surface area contributed by atoms with Crippen molar-refractivity contribution in [2.45, 2.75) is 32.9 Å². The maximum absolute atomic E-state index is 14.5. The molecule has 1 heterocycles. The lowest BCUT2D eigenvalue weighted by Crippen LogP contribution is -2.40. The number of para-hydroxylation sites is 2. The lowest BCUT2D eigenvalue weighted by atomic mass is 10.1. The molecule has 7 nitrogen and oxygen atoms in total. The van der Waals surface area contributed by atoms with Gasteiger partial charge in [-0.05, 0) is 67.4 Å². The first kappa shape index (κ1) is 27.6. The zero-order valence-electron chi connectivity index (χ0n) is 23.0. The summed E-state index contributed by atoms with van der Waals surface area (Å²) in [5.41, 5.74) is 1.83. The van der Waals surface area contributed by atoms with Crippen LogP contribution in [0.15, 0.2) is 108 Å². The Hall–Kier alpha value is -4.98. The highest BCUT2D eigenvalue weighted by Crippen LogP contribution is 2.29. The van der Waals surface area contributed by atoms with E-state index in [2.05, 4.69) is 5.32 Å².